The molecular formula is C120H176F6. The molecule has 0 spiro atoms. The van der Waals surface area contributed by atoms with Crippen LogP contribution < -0.4 is 0 Å². The summed E-state index contributed by atoms with van der Waals surface area (Å²) >= 11 is 0. The van der Waals surface area contributed by atoms with E-state index >= 15 is 0 Å². The van der Waals surface area contributed by atoms with Crippen LogP contribution in [0.3, 0.4) is 0 Å². The average Bonchev–Trinajstić information content (AvgIpc) is 0.745. The molecule has 6 heteroatoms. The molecule has 0 radical (unpaired) electrons. The van der Waals surface area contributed by atoms with Gasteiger partial charge in [0, 0.05) is 1.37 Å². The number of benzene rings is 9. The average molecular weight is 1740 g/mol. The molecule has 1 atom stereocenters. The highest BCUT2D eigenvalue weighted by molar-refractivity contribution is 5.72. The van der Waals surface area contributed by atoms with Crippen LogP contribution >= 0.6 is 0 Å². The fraction of sp³-hybridized carbons (Fsp3) is 0.550. The molecule has 1 unspecified atom stereocenters. The molecule has 0 aromatic heterocycles. The molecule has 0 bridgehead atoms. The van der Waals surface area contributed by atoms with E-state index in [1.165, 1.54) is 85.0 Å². The van der Waals surface area contributed by atoms with Gasteiger partial charge in [-0.1, -0.05) is 500 Å². The quantitative estimate of drug-likeness (QED) is 0.155. The Labute approximate surface area is 776 Å². The largest absolute Gasteiger partial charge is 0.416 e. The van der Waals surface area contributed by atoms with E-state index < -0.39 is 40.2 Å². The van der Waals surface area contributed by atoms with Crippen LogP contribution in [-0.4, -0.2) is 0 Å². The minimum atomic E-state index is -4.27. The van der Waals surface area contributed by atoms with Gasteiger partial charge in [0.1, 0.15) is 0 Å². The third kappa shape index (κ3) is 33.2. The lowest BCUT2D eigenvalue weighted by Gasteiger charge is -2.38. The van der Waals surface area contributed by atoms with Gasteiger partial charge in [0.05, 0.1) is 16.6 Å². The molecule has 0 N–H and O–H groups in total. The van der Waals surface area contributed by atoms with Crippen molar-refractivity contribution in [2.45, 2.75) is 426 Å². The van der Waals surface area contributed by atoms with Crippen LogP contribution in [0, 0.1) is 19.3 Å². The van der Waals surface area contributed by atoms with Crippen LogP contribution in [0.2, 0.25) is 0 Å². The maximum atomic E-state index is 12.8. The summed E-state index contributed by atoms with van der Waals surface area (Å²) in [6, 6.07) is 54.1. The summed E-state index contributed by atoms with van der Waals surface area (Å²) < 4.78 is 118. The molecule has 9 aromatic carbocycles. The third-order valence-corrected chi connectivity index (χ3v) is 22.9. The van der Waals surface area contributed by atoms with Crippen molar-refractivity contribution in [1.82, 2.24) is 0 Å². The lowest BCUT2D eigenvalue weighted by molar-refractivity contribution is -0.139. The molecule has 0 aliphatic rings. The first-order chi connectivity index (χ1) is 58.1. The Hall–Kier alpha value is -7.44. The van der Waals surface area contributed by atoms with Crippen molar-refractivity contribution in [3.8, 4) is 22.3 Å². The highest BCUT2D eigenvalue weighted by atomic mass is 19.4. The molecule has 0 heterocycles. The van der Waals surface area contributed by atoms with Crippen molar-refractivity contribution in [3.63, 3.8) is 0 Å². The zero-order chi connectivity index (χ0) is 103. The highest BCUT2D eigenvalue weighted by Gasteiger charge is 2.40. The van der Waals surface area contributed by atoms with Gasteiger partial charge in [-0.15, -0.1) is 0 Å². The minimum Gasteiger partial charge on any atom is -0.166 e. The maximum Gasteiger partial charge on any atom is 0.416 e. The molecule has 0 saturated heterocycles. The summed E-state index contributed by atoms with van der Waals surface area (Å²) in [6.45, 7) is 105. The monoisotopic (exact) mass is 1740 g/mol. The summed E-state index contributed by atoms with van der Waals surface area (Å²) in [4.78, 5) is 0. The van der Waals surface area contributed by atoms with Crippen molar-refractivity contribution < 1.29 is 33.2 Å². The highest BCUT2D eigenvalue weighted by Crippen LogP contribution is 2.48. The number of aryl methyl sites for hydroxylation is 1. The van der Waals surface area contributed by atoms with Crippen LogP contribution in [0.1, 0.15) is 437 Å². The second-order valence-electron chi connectivity index (χ2n) is 50.5. The summed E-state index contributed by atoms with van der Waals surface area (Å²) in [5, 5.41) is 0. The van der Waals surface area contributed by atoms with Gasteiger partial charge < -0.3 is 0 Å². The van der Waals surface area contributed by atoms with Gasteiger partial charge in [-0.2, -0.15) is 26.3 Å². The number of halogens is 6. The predicted molar refractivity (Wildman–Crippen MR) is 545 cm³/mol. The van der Waals surface area contributed by atoms with E-state index in [1.807, 2.05) is 19.1 Å². The molecular weight excluding hydrogens is 1560 g/mol. The summed E-state index contributed by atoms with van der Waals surface area (Å²) in [5.74, 6) is -0.552. The van der Waals surface area contributed by atoms with Crippen LogP contribution in [0.25, 0.3) is 22.3 Å². The van der Waals surface area contributed by atoms with E-state index in [0.29, 0.717) is 27.8 Å². The van der Waals surface area contributed by atoms with Crippen molar-refractivity contribution >= 4 is 0 Å². The normalized spacial score (nSPS) is 14.3. The molecule has 9 rings (SSSR count). The molecule has 0 saturated carbocycles. The first kappa shape index (κ1) is 104. The lowest BCUT2D eigenvalue weighted by Crippen LogP contribution is -2.29. The molecule has 0 aliphatic heterocycles. The van der Waals surface area contributed by atoms with Gasteiger partial charge in [0.2, 0.25) is 0 Å². The topological polar surface area (TPSA) is 0 Å². The van der Waals surface area contributed by atoms with Crippen LogP contribution in [0.4, 0.5) is 26.3 Å². The lowest BCUT2D eigenvalue weighted by atomic mass is 9.66. The fourth-order valence-corrected chi connectivity index (χ4v) is 15.8. The van der Waals surface area contributed by atoms with E-state index in [0.717, 1.165) is 28.8 Å². The van der Waals surface area contributed by atoms with Crippen molar-refractivity contribution in [1.29, 1.82) is 0 Å². The Bertz CT molecular complexity index is 5150. The molecule has 0 aliphatic carbocycles. The SMILES string of the molecule is CC(C)(C)c1cc(C(C)(C)C)c(C(C)(C)C)c(C(C)(C)C)c1.CC(C)(C)c1ccc(C(C)(C)C)c(C(C)(C)C)c1.CC(C)(C)c1cccc(-c2ccccc2)c1C(C)(C)C.CC(C)(C)c1ccccc1C(F)(F)F.Cc1cccc(C(F)(F)F)c1C(C)(C)C.[2H]C(C)(c1ccc(C(C)(C)C)cc1)C(C)(C)C.[2H]c1c([2H])c(-c2cccc(C(C)(C)C)c2C(C)(C)C)c([2H])c([2H])c1C. The van der Waals surface area contributed by atoms with Crippen LogP contribution in [0.5, 0.6) is 0 Å². The zero-order valence-electron chi connectivity index (χ0n) is 93.4. The number of hydrogen-bond acceptors (Lipinski definition) is 0. The van der Waals surface area contributed by atoms with Gasteiger partial charge in [-0.05, 0) is 224 Å². The van der Waals surface area contributed by atoms with E-state index in [1.54, 1.807) is 73.1 Å². The molecule has 9 aromatic rings. The van der Waals surface area contributed by atoms with Crippen molar-refractivity contribution in [3.05, 3.63) is 294 Å². The van der Waals surface area contributed by atoms with E-state index in [4.69, 9.17) is 6.85 Å². The van der Waals surface area contributed by atoms with E-state index in [9.17, 15) is 26.3 Å². The van der Waals surface area contributed by atoms with Crippen LogP contribution in [0.15, 0.2) is 188 Å². The second kappa shape index (κ2) is 40.9. The molecule has 698 valence electrons. The second-order valence-corrected chi connectivity index (χ2v) is 50.5. The Balaban J connectivity index is 0.000000397. The number of rotatable bonds is 3. The first-order valence-electron chi connectivity index (χ1n) is 48.3. The van der Waals surface area contributed by atoms with Gasteiger partial charge in [-0.3, -0.25) is 0 Å². The predicted octanol–water partition coefficient (Wildman–Crippen LogP) is 38.1. The zero-order valence-corrected chi connectivity index (χ0v) is 88.4. The Kier molecular flexibility index (Phi) is 33.8. The Morgan fingerprint density at radius 2 is 0.524 bits per heavy atom. The summed E-state index contributed by atoms with van der Waals surface area (Å²) in [6.07, 6.45) is -8.53. The van der Waals surface area contributed by atoms with Crippen molar-refractivity contribution in [2.24, 2.45) is 5.41 Å². The standard InChI is InChI=1S/C22H38.C21H28.C20H26.C18H30.C16H26.C12H15F3.C11H13F3/c1-19(2,3)15-13-16(20(4,5)6)18(22(10,11)12)17(14-15)21(7,8)9;1-15-11-13-16(14-12-15)17-9-8-10-18(20(2,3)4)19(17)21(5,6)7;1-19(2,3)17-14-10-13-16(18(17)20(4,5)6)15-11-8-7-9-12-15;1-16(2,3)13-10-11-14(17(4,5)6)15(12-13)18(7,8)9;1-12(15(2,3)4)13-8-10-14(11-9-13)16(5,6)7;1-8-6-5-7-9(12(13,14)15)10(8)11(2,3)4;1-10(2,3)8-6-4-5-7-9(8)11(12,13)14/h13-14H,1-12H3;8-14H,1-7H3;7-14H,1-6H3;10-12H,1-9H3;8-12H,1-7H3;5-7H,1-4H3;4-7H,1-3H3/i;11D,12D,13D,14D;;;12D;;. The van der Waals surface area contributed by atoms with Crippen molar-refractivity contribution in [2.75, 3.05) is 0 Å². The molecule has 0 nitrogen and oxygen atoms in total. The third-order valence-electron chi connectivity index (χ3n) is 22.9. The van der Waals surface area contributed by atoms with Crippen LogP contribution in [-0.2, 0) is 88.2 Å². The van der Waals surface area contributed by atoms with Gasteiger partial charge in [0.15, 0.2) is 0 Å². The number of alkyl halides is 6. The first-order valence-corrected chi connectivity index (χ1v) is 45.8. The minimum absolute atomic E-state index is 0.0371. The molecule has 0 amide bonds. The Morgan fingerprint density at radius 3 is 0.833 bits per heavy atom. The molecule has 126 heavy (non-hydrogen) atoms. The smallest absolute Gasteiger partial charge is 0.166 e. The van der Waals surface area contributed by atoms with E-state index in [2.05, 4.69) is 379 Å². The number of hydrogen-bond donors (Lipinski definition) is 0. The van der Waals surface area contributed by atoms with Gasteiger partial charge >= 0.3 is 12.4 Å². The van der Waals surface area contributed by atoms with Gasteiger partial charge in [0.25, 0.3) is 0 Å². The molecule has 0 fully saturated rings. The summed E-state index contributed by atoms with van der Waals surface area (Å²) in [5.41, 5.74) is 23.1. The van der Waals surface area contributed by atoms with E-state index in [-0.39, 0.29) is 94.6 Å². The Morgan fingerprint density at radius 1 is 0.230 bits per heavy atom. The fourth-order valence-electron chi connectivity index (χ4n) is 15.8. The van der Waals surface area contributed by atoms with Gasteiger partial charge in [-0.25, -0.2) is 0 Å². The summed E-state index contributed by atoms with van der Waals surface area (Å²) in [7, 11) is 0. The maximum absolute atomic E-state index is 12.8.